The van der Waals surface area contributed by atoms with Crippen molar-refractivity contribution in [1.82, 2.24) is 10.3 Å². The number of carbonyl (C=O) groups is 2. The molecule has 0 spiro atoms. The maximum atomic E-state index is 12.8. The Labute approximate surface area is 196 Å². The second-order valence-corrected chi connectivity index (χ2v) is 11.1. The number of nitrogens with one attached hydrogen (secondary N) is 2. The second kappa shape index (κ2) is 9.70. The Morgan fingerprint density at radius 3 is 2.21 bits per heavy atom. The van der Waals surface area contributed by atoms with E-state index in [1.807, 2.05) is 30.5 Å². The molecule has 0 aliphatic heterocycles. The minimum Gasteiger partial charge on any atom is -0.481 e. The predicted octanol–water partition coefficient (Wildman–Crippen LogP) is 5.62. The smallest absolute Gasteiger partial charge is 0.306 e. The van der Waals surface area contributed by atoms with Gasteiger partial charge in [-0.1, -0.05) is 26.8 Å². The Morgan fingerprint density at radius 2 is 1.58 bits per heavy atom. The molecule has 0 atom stereocenters. The number of carboxylic acids is 1. The van der Waals surface area contributed by atoms with Crippen LogP contribution in [-0.2, 0) is 4.79 Å². The van der Waals surface area contributed by atoms with E-state index in [1.165, 1.54) is 12.8 Å². The number of hydrogen-bond acceptors (Lipinski definition) is 4. The van der Waals surface area contributed by atoms with Crippen molar-refractivity contribution < 1.29 is 14.7 Å². The Morgan fingerprint density at radius 1 is 0.909 bits per heavy atom. The van der Waals surface area contributed by atoms with Crippen LogP contribution in [0.4, 0.5) is 5.82 Å². The minimum absolute atomic E-state index is 0.0432. The number of carboxylic acid groups (broad SMARTS) is 1. The van der Waals surface area contributed by atoms with Crippen LogP contribution in [0.3, 0.4) is 0 Å². The second-order valence-electron chi connectivity index (χ2n) is 11.1. The van der Waals surface area contributed by atoms with E-state index in [4.69, 9.17) is 5.11 Å². The van der Waals surface area contributed by atoms with Gasteiger partial charge in [0.15, 0.2) is 0 Å². The van der Waals surface area contributed by atoms with E-state index in [0.717, 1.165) is 35.3 Å². The van der Waals surface area contributed by atoms with Crippen LogP contribution in [-0.4, -0.2) is 34.1 Å². The molecule has 0 saturated heterocycles. The van der Waals surface area contributed by atoms with Gasteiger partial charge in [-0.3, -0.25) is 9.59 Å². The largest absolute Gasteiger partial charge is 0.481 e. The summed E-state index contributed by atoms with van der Waals surface area (Å²) in [5, 5.41) is 17.9. The maximum absolute atomic E-state index is 12.8. The summed E-state index contributed by atoms with van der Waals surface area (Å²) in [6.45, 7) is 7.02. The summed E-state index contributed by atoms with van der Waals surface area (Å²) in [5.74, 6) is 0.546. The molecule has 2 fully saturated rings. The zero-order valence-corrected chi connectivity index (χ0v) is 20.1. The topological polar surface area (TPSA) is 91.3 Å². The van der Waals surface area contributed by atoms with Crippen molar-refractivity contribution in [3.8, 4) is 0 Å². The van der Waals surface area contributed by atoms with E-state index in [9.17, 15) is 9.59 Å². The highest BCUT2D eigenvalue weighted by atomic mass is 16.4. The average molecular weight is 452 g/mol. The number of nitrogens with zero attached hydrogens (tertiary/aromatic N) is 1. The van der Waals surface area contributed by atoms with Crippen LogP contribution in [0.15, 0.2) is 30.5 Å². The highest BCUT2D eigenvalue weighted by Gasteiger charge is 2.30. The van der Waals surface area contributed by atoms with Crippen LogP contribution in [0.2, 0.25) is 0 Å². The summed E-state index contributed by atoms with van der Waals surface area (Å²) in [6, 6.07) is 8.24. The Balaban J connectivity index is 1.37. The molecule has 2 aliphatic rings. The minimum atomic E-state index is -0.727. The number of rotatable bonds is 5. The highest BCUT2D eigenvalue weighted by Crippen LogP contribution is 2.38. The van der Waals surface area contributed by atoms with Crippen LogP contribution < -0.4 is 10.6 Å². The van der Waals surface area contributed by atoms with E-state index in [2.05, 4.69) is 36.4 Å². The number of pyridine rings is 1. The molecule has 1 aromatic carbocycles. The SMILES string of the molecule is CC(C)(C)C1CCC(Nc2cc3cc(C(=O)NC4CCC(C(=O)O)CC4)ccc3cn2)CC1. The standard InChI is InChI=1S/C27H37N3O3/c1-27(2,3)21-8-12-22(13-9-21)29-24-15-20-14-18(4-5-19(20)16-28-24)25(31)30-23-10-6-17(7-11-23)26(32)33/h4-5,14-17,21-23H,6-13H2,1-3H3,(H,28,29)(H,30,31)(H,32,33). The molecule has 2 saturated carbocycles. The van der Waals surface area contributed by atoms with Gasteiger partial charge in [0, 0.05) is 29.2 Å². The van der Waals surface area contributed by atoms with E-state index in [-0.39, 0.29) is 17.9 Å². The van der Waals surface area contributed by atoms with E-state index < -0.39 is 5.97 Å². The van der Waals surface area contributed by atoms with Gasteiger partial charge >= 0.3 is 5.97 Å². The van der Waals surface area contributed by atoms with E-state index in [1.54, 1.807) is 0 Å². The van der Waals surface area contributed by atoms with Crippen molar-refractivity contribution in [2.24, 2.45) is 17.3 Å². The fraction of sp³-hybridized carbons (Fsp3) is 0.593. The number of benzene rings is 1. The first-order valence-corrected chi connectivity index (χ1v) is 12.4. The number of anilines is 1. The molecule has 0 radical (unpaired) electrons. The molecule has 0 bridgehead atoms. The number of hydrogen-bond donors (Lipinski definition) is 3. The third-order valence-corrected chi connectivity index (χ3v) is 7.70. The lowest BCUT2D eigenvalue weighted by molar-refractivity contribution is -0.142. The van der Waals surface area contributed by atoms with Crippen molar-refractivity contribution >= 4 is 28.5 Å². The van der Waals surface area contributed by atoms with Crippen LogP contribution in [0.5, 0.6) is 0 Å². The van der Waals surface area contributed by atoms with Crippen molar-refractivity contribution in [2.45, 2.75) is 84.2 Å². The summed E-state index contributed by atoms with van der Waals surface area (Å²) >= 11 is 0. The Kier molecular flexibility index (Phi) is 6.91. The van der Waals surface area contributed by atoms with Gasteiger partial charge < -0.3 is 15.7 Å². The third kappa shape index (κ3) is 5.84. The monoisotopic (exact) mass is 451 g/mol. The number of amides is 1. The molecular weight excluding hydrogens is 414 g/mol. The first kappa shape index (κ1) is 23.5. The summed E-state index contributed by atoms with van der Waals surface area (Å²) in [4.78, 5) is 28.6. The number of carbonyl (C=O) groups excluding carboxylic acids is 1. The van der Waals surface area contributed by atoms with E-state index >= 15 is 0 Å². The quantitative estimate of drug-likeness (QED) is 0.548. The summed E-state index contributed by atoms with van der Waals surface area (Å²) < 4.78 is 0. The highest BCUT2D eigenvalue weighted by molar-refractivity contribution is 5.99. The van der Waals surface area contributed by atoms with Gasteiger partial charge in [0.1, 0.15) is 5.82 Å². The lowest BCUT2D eigenvalue weighted by Gasteiger charge is -2.37. The van der Waals surface area contributed by atoms with Gasteiger partial charge in [-0.2, -0.15) is 0 Å². The molecule has 0 unspecified atom stereocenters. The van der Waals surface area contributed by atoms with Crippen LogP contribution in [0.1, 0.15) is 82.5 Å². The first-order valence-electron chi connectivity index (χ1n) is 12.4. The van der Waals surface area contributed by atoms with Gasteiger partial charge in [0.05, 0.1) is 5.92 Å². The van der Waals surface area contributed by atoms with Crippen molar-refractivity contribution in [2.75, 3.05) is 5.32 Å². The summed E-state index contributed by atoms with van der Waals surface area (Å²) in [7, 11) is 0. The van der Waals surface area contributed by atoms with E-state index in [0.29, 0.717) is 42.7 Å². The fourth-order valence-electron chi connectivity index (χ4n) is 5.43. The van der Waals surface area contributed by atoms with Gasteiger partial charge in [-0.15, -0.1) is 0 Å². The molecule has 33 heavy (non-hydrogen) atoms. The van der Waals surface area contributed by atoms with Crippen LogP contribution in [0, 0.1) is 17.3 Å². The molecular formula is C27H37N3O3. The number of aromatic nitrogens is 1. The number of aliphatic carboxylic acids is 1. The maximum Gasteiger partial charge on any atom is 0.306 e. The Bertz CT molecular complexity index is 997. The number of fused-ring (bicyclic) bond motifs is 1. The molecule has 178 valence electrons. The molecule has 6 heteroatoms. The summed E-state index contributed by atoms with van der Waals surface area (Å²) in [5.41, 5.74) is 1.00. The zero-order chi connectivity index (χ0) is 23.6. The lowest BCUT2D eigenvalue weighted by Crippen LogP contribution is -2.38. The van der Waals surface area contributed by atoms with Crippen LogP contribution in [0.25, 0.3) is 10.8 Å². The van der Waals surface area contributed by atoms with Crippen LogP contribution >= 0.6 is 0 Å². The molecule has 2 aliphatic carbocycles. The first-order chi connectivity index (χ1) is 15.7. The lowest BCUT2D eigenvalue weighted by atomic mass is 9.71. The zero-order valence-electron chi connectivity index (χ0n) is 20.1. The molecule has 1 heterocycles. The van der Waals surface area contributed by atoms with Gasteiger partial charge in [0.25, 0.3) is 5.91 Å². The molecule has 2 aromatic rings. The van der Waals surface area contributed by atoms with Gasteiger partial charge in [-0.25, -0.2) is 4.98 Å². The molecule has 1 amide bonds. The third-order valence-electron chi connectivity index (χ3n) is 7.70. The van der Waals surface area contributed by atoms with Crippen molar-refractivity contribution in [3.63, 3.8) is 0 Å². The van der Waals surface area contributed by atoms with Gasteiger partial charge in [-0.05, 0) is 86.3 Å². The fourth-order valence-corrected chi connectivity index (χ4v) is 5.43. The summed E-state index contributed by atoms with van der Waals surface area (Å²) in [6.07, 6.45) is 9.35. The molecule has 4 rings (SSSR count). The molecule has 6 nitrogen and oxygen atoms in total. The average Bonchev–Trinajstić information content (AvgIpc) is 2.78. The Hall–Kier alpha value is -2.63. The normalized spacial score (nSPS) is 26.0. The predicted molar refractivity (Wildman–Crippen MR) is 131 cm³/mol. The molecule has 3 N–H and O–H groups in total. The van der Waals surface area contributed by atoms with Crippen molar-refractivity contribution in [3.05, 3.63) is 36.0 Å². The van der Waals surface area contributed by atoms with Gasteiger partial charge in [0.2, 0.25) is 0 Å². The molecule has 1 aromatic heterocycles. The van der Waals surface area contributed by atoms with Crippen molar-refractivity contribution in [1.29, 1.82) is 0 Å².